The van der Waals surface area contributed by atoms with Crippen molar-refractivity contribution in [2.24, 2.45) is 5.92 Å². The molecular weight excluding hydrogens is 424 g/mol. The largest absolute Gasteiger partial charge is 0.378 e. The van der Waals surface area contributed by atoms with E-state index in [1.165, 1.54) is 5.56 Å². The number of thiophene rings is 1. The molecule has 2 aromatic heterocycles. The van der Waals surface area contributed by atoms with E-state index < -0.39 is 0 Å². The molecule has 8 heteroatoms. The molecule has 0 bridgehead atoms. The second-order valence-electron chi connectivity index (χ2n) is 8.29. The second kappa shape index (κ2) is 9.52. The first-order valence-corrected chi connectivity index (χ1v) is 12.1. The van der Waals surface area contributed by atoms with Crippen molar-refractivity contribution in [3.63, 3.8) is 0 Å². The second-order valence-corrected chi connectivity index (χ2v) is 9.15. The summed E-state index contributed by atoms with van der Waals surface area (Å²) in [5.41, 5.74) is 2.33. The number of carbonyl (C=O) groups excluding carboxylic acids is 1. The predicted octanol–water partition coefficient (Wildman–Crippen LogP) is 3.58. The van der Waals surface area contributed by atoms with Crippen LogP contribution in [0.15, 0.2) is 35.7 Å². The minimum Gasteiger partial charge on any atom is -0.378 e. The lowest BCUT2D eigenvalue weighted by Crippen LogP contribution is -2.47. The molecule has 0 aliphatic carbocycles. The first kappa shape index (κ1) is 21.3. The summed E-state index contributed by atoms with van der Waals surface area (Å²) in [7, 11) is 1.67. The Bertz CT molecular complexity index is 1070. The van der Waals surface area contributed by atoms with E-state index in [4.69, 9.17) is 19.4 Å². The monoisotopic (exact) mass is 452 g/mol. The number of anilines is 1. The number of piperidine rings is 1. The predicted molar refractivity (Wildman–Crippen MR) is 126 cm³/mol. The van der Waals surface area contributed by atoms with Gasteiger partial charge in [-0.3, -0.25) is 4.79 Å². The number of methoxy groups -OCH3 is 1. The SMILES string of the molecule is COCc1nc(N2CCC(C(=O)N3CCOCC3)CC2)c2c(-c3ccccc3)csc2n1. The molecule has 7 nitrogen and oxygen atoms in total. The van der Waals surface area contributed by atoms with Gasteiger partial charge in [-0.1, -0.05) is 30.3 Å². The van der Waals surface area contributed by atoms with Crippen molar-refractivity contribution < 1.29 is 14.3 Å². The Morgan fingerprint density at radius 3 is 2.59 bits per heavy atom. The highest BCUT2D eigenvalue weighted by Gasteiger charge is 2.31. The fourth-order valence-corrected chi connectivity index (χ4v) is 5.56. The number of ether oxygens (including phenoxy) is 2. The number of fused-ring (bicyclic) bond motifs is 1. The third-order valence-corrected chi connectivity index (χ3v) is 7.16. The summed E-state index contributed by atoms with van der Waals surface area (Å²) in [5, 5.41) is 3.27. The molecule has 0 spiro atoms. The number of morpholine rings is 1. The van der Waals surface area contributed by atoms with Crippen LogP contribution < -0.4 is 4.90 Å². The van der Waals surface area contributed by atoms with E-state index in [1.807, 2.05) is 11.0 Å². The summed E-state index contributed by atoms with van der Waals surface area (Å²) in [6, 6.07) is 10.4. The smallest absolute Gasteiger partial charge is 0.225 e. The van der Waals surface area contributed by atoms with Crippen LogP contribution in [0, 0.1) is 5.92 Å². The Kier molecular flexibility index (Phi) is 6.34. The first-order chi connectivity index (χ1) is 15.7. The molecule has 3 aromatic rings. The Labute approximate surface area is 192 Å². The van der Waals surface area contributed by atoms with Crippen LogP contribution in [0.3, 0.4) is 0 Å². The number of nitrogens with zero attached hydrogens (tertiary/aromatic N) is 4. The molecule has 0 unspecified atom stereocenters. The van der Waals surface area contributed by atoms with E-state index in [-0.39, 0.29) is 11.8 Å². The Hall–Kier alpha value is -2.55. The van der Waals surface area contributed by atoms with Gasteiger partial charge in [0.1, 0.15) is 17.3 Å². The molecule has 0 radical (unpaired) electrons. The molecular formula is C24H28N4O3S. The van der Waals surface area contributed by atoms with E-state index in [0.29, 0.717) is 38.7 Å². The number of amides is 1. The van der Waals surface area contributed by atoms with E-state index in [2.05, 4.69) is 34.5 Å². The van der Waals surface area contributed by atoms with Gasteiger partial charge < -0.3 is 19.3 Å². The van der Waals surface area contributed by atoms with Gasteiger partial charge >= 0.3 is 0 Å². The van der Waals surface area contributed by atoms with Crippen LogP contribution in [0.4, 0.5) is 5.82 Å². The van der Waals surface area contributed by atoms with Gasteiger partial charge in [-0.05, 0) is 18.4 Å². The highest BCUT2D eigenvalue weighted by Crippen LogP contribution is 2.39. The Morgan fingerprint density at radius 2 is 1.88 bits per heavy atom. The number of aromatic nitrogens is 2. The van der Waals surface area contributed by atoms with Gasteiger partial charge in [0, 0.05) is 50.2 Å². The molecule has 0 N–H and O–H groups in total. The van der Waals surface area contributed by atoms with Gasteiger partial charge in [0.15, 0.2) is 5.82 Å². The topological polar surface area (TPSA) is 67.8 Å². The molecule has 2 saturated heterocycles. The molecule has 2 aliphatic heterocycles. The van der Waals surface area contributed by atoms with Gasteiger partial charge in [-0.15, -0.1) is 11.3 Å². The zero-order valence-corrected chi connectivity index (χ0v) is 19.1. The normalized spacial score (nSPS) is 17.8. The molecule has 0 atom stereocenters. The zero-order valence-electron chi connectivity index (χ0n) is 18.3. The van der Waals surface area contributed by atoms with Gasteiger partial charge in [-0.25, -0.2) is 9.97 Å². The number of rotatable bonds is 5. The summed E-state index contributed by atoms with van der Waals surface area (Å²) in [6.45, 7) is 4.71. The van der Waals surface area contributed by atoms with Crippen molar-refractivity contribution in [1.82, 2.24) is 14.9 Å². The first-order valence-electron chi connectivity index (χ1n) is 11.2. The maximum absolute atomic E-state index is 13.0. The summed E-state index contributed by atoms with van der Waals surface area (Å²) in [4.78, 5) is 27.9. The lowest BCUT2D eigenvalue weighted by atomic mass is 9.94. The highest BCUT2D eigenvalue weighted by molar-refractivity contribution is 7.17. The van der Waals surface area contributed by atoms with Crippen LogP contribution in [0.5, 0.6) is 0 Å². The van der Waals surface area contributed by atoms with Crippen molar-refractivity contribution >= 4 is 33.3 Å². The number of hydrogen-bond donors (Lipinski definition) is 0. The molecule has 4 heterocycles. The van der Waals surface area contributed by atoms with Crippen LogP contribution >= 0.6 is 11.3 Å². The molecule has 1 aromatic carbocycles. The van der Waals surface area contributed by atoms with Crippen molar-refractivity contribution in [3.05, 3.63) is 41.5 Å². The van der Waals surface area contributed by atoms with E-state index >= 15 is 0 Å². The minimum atomic E-state index is 0.0798. The molecule has 168 valence electrons. The molecule has 2 fully saturated rings. The number of carbonyl (C=O) groups is 1. The van der Waals surface area contributed by atoms with Crippen LogP contribution in [-0.2, 0) is 20.9 Å². The minimum absolute atomic E-state index is 0.0798. The number of hydrogen-bond acceptors (Lipinski definition) is 7. The maximum atomic E-state index is 13.0. The number of benzene rings is 1. The third kappa shape index (κ3) is 4.22. The fourth-order valence-electron chi connectivity index (χ4n) is 4.60. The lowest BCUT2D eigenvalue weighted by Gasteiger charge is -2.36. The summed E-state index contributed by atoms with van der Waals surface area (Å²) in [6.07, 6.45) is 1.68. The van der Waals surface area contributed by atoms with E-state index in [0.717, 1.165) is 47.5 Å². The quantitative estimate of drug-likeness (QED) is 0.590. The fraction of sp³-hybridized carbons (Fsp3) is 0.458. The molecule has 1 amide bonds. The molecule has 32 heavy (non-hydrogen) atoms. The zero-order chi connectivity index (χ0) is 21.9. The Balaban J connectivity index is 1.43. The molecule has 2 aliphatic rings. The van der Waals surface area contributed by atoms with Crippen LogP contribution in [0.25, 0.3) is 21.3 Å². The average Bonchev–Trinajstić information content (AvgIpc) is 3.29. The van der Waals surface area contributed by atoms with E-state index in [1.54, 1.807) is 18.4 Å². The van der Waals surface area contributed by atoms with Gasteiger partial charge in [0.05, 0.1) is 18.6 Å². The van der Waals surface area contributed by atoms with Gasteiger partial charge in [-0.2, -0.15) is 0 Å². The molecule has 0 saturated carbocycles. The Morgan fingerprint density at radius 1 is 1.12 bits per heavy atom. The van der Waals surface area contributed by atoms with Crippen molar-refractivity contribution in [2.45, 2.75) is 19.4 Å². The van der Waals surface area contributed by atoms with Crippen molar-refractivity contribution in [3.8, 4) is 11.1 Å². The average molecular weight is 453 g/mol. The molecule has 5 rings (SSSR count). The highest BCUT2D eigenvalue weighted by atomic mass is 32.1. The van der Waals surface area contributed by atoms with Crippen LogP contribution in [0.1, 0.15) is 18.7 Å². The van der Waals surface area contributed by atoms with Crippen molar-refractivity contribution in [2.75, 3.05) is 51.4 Å². The van der Waals surface area contributed by atoms with Crippen LogP contribution in [-0.4, -0.2) is 67.3 Å². The van der Waals surface area contributed by atoms with Gasteiger partial charge in [0.2, 0.25) is 5.91 Å². The third-order valence-electron chi connectivity index (χ3n) is 6.29. The van der Waals surface area contributed by atoms with Gasteiger partial charge in [0.25, 0.3) is 0 Å². The van der Waals surface area contributed by atoms with E-state index in [9.17, 15) is 4.79 Å². The standard InChI is InChI=1S/C24H28N4O3S/c1-30-15-20-25-22(21-19(16-32-23(21)26-20)17-5-3-2-4-6-17)27-9-7-18(8-10-27)24(29)28-11-13-31-14-12-28/h2-6,16,18H,7-15H2,1H3. The van der Waals surface area contributed by atoms with Crippen LogP contribution in [0.2, 0.25) is 0 Å². The summed E-state index contributed by atoms with van der Waals surface area (Å²) < 4.78 is 10.7. The maximum Gasteiger partial charge on any atom is 0.225 e. The summed E-state index contributed by atoms with van der Waals surface area (Å²) >= 11 is 1.65. The lowest BCUT2D eigenvalue weighted by molar-refractivity contribution is -0.140. The van der Waals surface area contributed by atoms with Crippen molar-refractivity contribution in [1.29, 1.82) is 0 Å². The summed E-state index contributed by atoms with van der Waals surface area (Å²) in [5.74, 6) is 2.01.